The van der Waals surface area contributed by atoms with Crippen LogP contribution in [0.25, 0.3) is 64.3 Å². The molecule has 0 saturated heterocycles. The molecule has 1 aliphatic heterocycles. The fraction of sp³-hybridized carbons (Fsp3) is 0. The maximum Gasteiger partial charge on any atom is 0.143 e. The summed E-state index contributed by atoms with van der Waals surface area (Å²) in [7, 11) is 0. The summed E-state index contributed by atoms with van der Waals surface area (Å²) >= 11 is 0.805. The van der Waals surface area contributed by atoms with Gasteiger partial charge in [0.1, 0.15) is 11.5 Å². The Bertz CT molecular complexity index is 3600. The van der Waals surface area contributed by atoms with E-state index in [1.807, 2.05) is 60.7 Å². The van der Waals surface area contributed by atoms with Crippen LogP contribution in [0.5, 0.6) is 11.5 Å². The predicted octanol–water partition coefficient (Wildman–Crippen LogP) is 13.8. The largest absolute Gasteiger partial charge is 0.455 e. The topological polar surface area (TPSA) is 12.5 Å². The number of para-hydroxylation sites is 2. The van der Waals surface area contributed by atoms with Gasteiger partial charge in [0.25, 0.3) is 0 Å². The summed E-state index contributed by atoms with van der Waals surface area (Å²) in [6.45, 7) is 0. The van der Waals surface area contributed by atoms with Crippen molar-refractivity contribution in [3.05, 3.63) is 176 Å². The second-order valence-electron chi connectivity index (χ2n) is 11.3. The van der Waals surface area contributed by atoms with Gasteiger partial charge in [-0.1, -0.05) is 133 Å². The van der Waals surface area contributed by atoms with Crippen molar-refractivity contribution in [2.45, 2.75) is 0 Å². The molecule has 3 heteroatoms. The Hall–Kier alpha value is -6.16. The Kier molecular flexibility index (Phi) is 3.73. The predicted molar refractivity (Wildman–Crippen MR) is 208 cm³/mol. The molecule has 1 aliphatic rings. The number of ether oxygens (including phenoxy) is 1. The van der Waals surface area contributed by atoms with Crippen LogP contribution in [0.3, 0.4) is 0 Å². The lowest BCUT2D eigenvalue weighted by molar-refractivity contribution is 0.493. The van der Waals surface area contributed by atoms with Crippen LogP contribution >= 0.6 is 11.3 Å². The molecule has 0 atom stereocenters. The maximum absolute atomic E-state index is 9.63. The van der Waals surface area contributed by atoms with Gasteiger partial charge in [0.2, 0.25) is 0 Å². The van der Waals surface area contributed by atoms with Crippen LogP contribution in [0, 0.1) is 0 Å². The van der Waals surface area contributed by atoms with Crippen LogP contribution in [0.15, 0.2) is 176 Å². The Morgan fingerprint density at radius 1 is 0.510 bits per heavy atom. The lowest BCUT2D eigenvalue weighted by atomic mass is 9.92. The van der Waals surface area contributed by atoms with Crippen molar-refractivity contribution >= 4 is 59.3 Å². The van der Waals surface area contributed by atoms with Gasteiger partial charge in [0.05, 0.1) is 38.0 Å². The van der Waals surface area contributed by atoms with E-state index in [4.69, 9.17) is 21.2 Å². The van der Waals surface area contributed by atoms with Crippen LogP contribution < -0.4 is 9.64 Å². The first kappa shape index (κ1) is 16.3. The summed E-state index contributed by atoms with van der Waals surface area (Å²) in [5.74, 6) is 1.04. The third kappa shape index (κ3) is 4.47. The summed E-state index contributed by atoms with van der Waals surface area (Å²) < 4.78 is 150. The van der Waals surface area contributed by atoms with E-state index < -0.39 is 113 Å². The molecule has 0 amide bonds. The zero-order chi connectivity index (χ0) is 46.2. The van der Waals surface area contributed by atoms with Crippen molar-refractivity contribution in [2.75, 3.05) is 4.90 Å². The van der Waals surface area contributed by atoms with Gasteiger partial charge in [-0.2, -0.15) is 0 Å². The van der Waals surface area contributed by atoms with E-state index in [9.17, 15) is 5.48 Å². The van der Waals surface area contributed by atoms with Crippen molar-refractivity contribution in [3.63, 3.8) is 0 Å². The molecule has 0 fully saturated rings. The second-order valence-corrected chi connectivity index (χ2v) is 12.3. The molecule has 8 aromatic carbocycles. The van der Waals surface area contributed by atoms with Gasteiger partial charge in [0, 0.05) is 43.2 Å². The Morgan fingerprint density at radius 3 is 2.22 bits per heavy atom. The fourth-order valence-corrected chi connectivity index (χ4v) is 7.51. The molecule has 2 heterocycles. The zero-order valence-corrected chi connectivity index (χ0v) is 26.1. The highest BCUT2D eigenvalue weighted by molar-refractivity contribution is 7.26. The minimum atomic E-state index is -0.790. The number of fused-ring (bicyclic) bond motifs is 10. The molecule has 0 spiro atoms. The molecule has 1 aromatic heterocycles. The third-order valence-electron chi connectivity index (χ3n) is 8.60. The lowest BCUT2D eigenvalue weighted by Gasteiger charge is -2.29. The summed E-state index contributed by atoms with van der Waals surface area (Å²) in [6.07, 6.45) is 0. The van der Waals surface area contributed by atoms with Gasteiger partial charge < -0.3 is 9.64 Å². The lowest BCUT2D eigenvalue weighted by Crippen LogP contribution is -2.11. The average molecular weight is 660 g/mol. The smallest absolute Gasteiger partial charge is 0.143 e. The van der Waals surface area contributed by atoms with E-state index in [2.05, 4.69) is 0 Å². The van der Waals surface area contributed by atoms with E-state index in [1.165, 1.54) is 4.90 Å². The van der Waals surface area contributed by atoms with Crippen LogP contribution in [0.2, 0.25) is 0 Å². The highest BCUT2D eigenvalue weighted by Gasteiger charge is 2.26. The monoisotopic (exact) mass is 659 g/mol. The van der Waals surface area contributed by atoms with Crippen LogP contribution in [0.1, 0.15) is 21.9 Å². The molecule has 2 nitrogen and oxygen atoms in total. The van der Waals surface area contributed by atoms with Crippen molar-refractivity contribution < 1.29 is 26.7 Å². The summed E-state index contributed by atoms with van der Waals surface area (Å²) in [5.41, 5.74) is 0.830. The molecule has 49 heavy (non-hydrogen) atoms. The first-order valence-electron chi connectivity index (χ1n) is 23.3. The first-order valence-corrected chi connectivity index (χ1v) is 16.1. The number of hydrogen-bond donors (Lipinski definition) is 0. The SMILES string of the molecule is [2H]c1c([2H])c([2H])c(-c2c([2H])c([2H])c([2H])c([2H])c2N(c2ccc3c(c2)-c2ccc4ccccc4c2Oc2ccccc2-3)c2c([2H])c([2H])c([2H])c3c2sc2c([2H])c([2H])c([2H])c([2H])c23)c([2H])c1[2H]. The van der Waals surface area contributed by atoms with E-state index in [-0.39, 0.29) is 31.5 Å². The van der Waals surface area contributed by atoms with Gasteiger partial charge in [0.15, 0.2) is 0 Å². The highest BCUT2D eigenvalue weighted by atomic mass is 32.1. The van der Waals surface area contributed by atoms with Crippen LogP contribution in [-0.4, -0.2) is 0 Å². The van der Waals surface area contributed by atoms with Gasteiger partial charge in [-0.05, 0) is 64.5 Å². The van der Waals surface area contributed by atoms with Crippen molar-refractivity contribution in [1.82, 2.24) is 0 Å². The van der Waals surface area contributed by atoms with Gasteiger partial charge >= 0.3 is 0 Å². The number of anilines is 3. The zero-order valence-electron chi connectivity index (χ0n) is 41.3. The van der Waals surface area contributed by atoms with E-state index in [0.29, 0.717) is 33.8 Å². The highest BCUT2D eigenvalue weighted by Crippen LogP contribution is 2.52. The van der Waals surface area contributed by atoms with E-state index in [0.717, 1.165) is 22.1 Å². The molecular weight excluding hydrogens is 615 g/mol. The number of hydrogen-bond acceptors (Lipinski definition) is 3. The molecule has 10 rings (SSSR count). The standard InChI is InChI=1S/C46H29NOS/c1-2-13-30(14-3-1)33-16-6-9-21-41(33)47(42-22-12-20-39-37-19-8-11-24-44(37)49-46(39)42)32-26-28-35-36-18-7-10-23-43(36)48-45-34-17-5-4-15-31(34)25-27-38(45)40(35)29-32/h1-29H/i1D,2D,3D,6D,8D,9D,11D,12D,13D,14D,16D,19D,20D,21D,22D,24D. The Balaban J connectivity index is 1.43. The molecule has 0 radical (unpaired) electrons. The normalized spacial score (nSPS) is 16.4. The number of thiophene rings is 1. The van der Waals surface area contributed by atoms with Crippen LogP contribution in [-0.2, 0) is 0 Å². The molecule has 0 unspecified atom stereocenters. The van der Waals surface area contributed by atoms with Crippen LogP contribution in [0.4, 0.5) is 17.1 Å². The molecule has 0 saturated carbocycles. The first-order chi connectivity index (χ1) is 31.0. The minimum Gasteiger partial charge on any atom is -0.455 e. The number of nitrogens with zero attached hydrogens (tertiary/aromatic N) is 1. The van der Waals surface area contributed by atoms with Crippen molar-refractivity contribution in [3.8, 4) is 44.9 Å². The molecular formula is C46H29NOS. The maximum atomic E-state index is 9.63. The number of benzene rings is 8. The van der Waals surface area contributed by atoms with Crippen molar-refractivity contribution in [1.29, 1.82) is 0 Å². The molecule has 0 bridgehead atoms. The fourth-order valence-electron chi connectivity index (χ4n) is 6.46. The van der Waals surface area contributed by atoms with E-state index >= 15 is 0 Å². The Labute approximate surface area is 311 Å². The third-order valence-corrected chi connectivity index (χ3v) is 9.71. The second kappa shape index (κ2) is 11.2. The number of rotatable bonds is 4. The van der Waals surface area contributed by atoms with E-state index in [1.54, 1.807) is 18.2 Å². The average Bonchev–Trinajstić information content (AvgIpc) is 3.65. The molecule has 0 N–H and O–H groups in total. The summed E-state index contributed by atoms with van der Waals surface area (Å²) in [6, 6.07) is 13.1. The van der Waals surface area contributed by atoms with Crippen molar-refractivity contribution in [2.24, 2.45) is 0 Å². The summed E-state index contributed by atoms with van der Waals surface area (Å²) in [4.78, 5) is 1.25. The molecule has 230 valence electrons. The molecule has 9 aromatic rings. The van der Waals surface area contributed by atoms with Gasteiger partial charge in [-0.15, -0.1) is 11.3 Å². The van der Waals surface area contributed by atoms with Gasteiger partial charge in [-0.3, -0.25) is 0 Å². The molecule has 0 aliphatic carbocycles. The summed E-state index contributed by atoms with van der Waals surface area (Å²) in [5, 5.41) is 1.46. The Morgan fingerprint density at radius 2 is 1.27 bits per heavy atom. The van der Waals surface area contributed by atoms with Gasteiger partial charge in [-0.25, -0.2) is 0 Å². The quantitative estimate of drug-likeness (QED) is 0.186. The minimum absolute atomic E-state index is 0.00277.